The molecule has 2 rings (SSSR count). The number of aromatic hydroxyl groups is 1. The molecule has 0 unspecified atom stereocenters. The van der Waals surface area contributed by atoms with E-state index >= 15 is 0 Å². The number of phenolic OH excluding ortho intramolecular Hbond substituents is 1. The lowest BCUT2D eigenvalue weighted by Gasteiger charge is -2.02. The molecule has 0 bridgehead atoms. The predicted octanol–water partition coefficient (Wildman–Crippen LogP) is 3.80. The highest BCUT2D eigenvalue weighted by Gasteiger charge is 2.11. The topological polar surface area (TPSA) is 20.2 Å². The second-order valence-corrected chi connectivity index (χ2v) is 6.32. The van der Waals surface area contributed by atoms with Gasteiger partial charge in [-0.05, 0) is 24.3 Å². The Morgan fingerprint density at radius 2 is 1.39 bits per heavy atom. The highest BCUT2D eigenvalue weighted by atomic mass is 32.2. The normalized spacial score (nSPS) is 11.3. The third-order valence-electron chi connectivity index (χ3n) is 2.74. The second-order valence-electron chi connectivity index (χ2n) is 4.25. The molecule has 0 saturated heterocycles. The molecule has 0 radical (unpaired) electrons. The first-order chi connectivity index (χ1) is 8.68. The highest BCUT2D eigenvalue weighted by Crippen LogP contribution is 2.21. The molecule has 0 fully saturated rings. The van der Waals surface area contributed by atoms with E-state index in [0.29, 0.717) is 5.75 Å². The summed E-state index contributed by atoms with van der Waals surface area (Å²) in [5.41, 5.74) is 2.06. The molecule has 0 spiro atoms. The van der Waals surface area contributed by atoms with Crippen LogP contribution in [0.5, 0.6) is 5.75 Å². The summed E-state index contributed by atoms with van der Waals surface area (Å²) in [4.78, 5) is 1.35. The van der Waals surface area contributed by atoms with Crippen molar-refractivity contribution < 1.29 is 5.11 Å². The van der Waals surface area contributed by atoms with Crippen LogP contribution in [0.4, 0.5) is 0 Å². The summed E-state index contributed by atoms with van der Waals surface area (Å²) in [5, 5.41) is 9.72. The third kappa shape index (κ3) is 2.96. The lowest BCUT2D eigenvalue weighted by molar-refractivity contribution is 0.474. The molecule has 2 aromatic rings. The van der Waals surface area contributed by atoms with Crippen LogP contribution in [0.25, 0.3) is 12.2 Å². The zero-order chi connectivity index (χ0) is 13.0. The van der Waals surface area contributed by atoms with Crippen molar-refractivity contribution in [3.05, 3.63) is 59.7 Å². The van der Waals surface area contributed by atoms with Crippen molar-refractivity contribution in [1.29, 1.82) is 0 Å². The average molecular weight is 257 g/mol. The molecular weight excluding hydrogens is 240 g/mol. The maximum Gasteiger partial charge on any atom is 0.161 e. The maximum absolute atomic E-state index is 9.72. The first kappa shape index (κ1) is 12.8. The zero-order valence-corrected chi connectivity index (χ0v) is 11.4. The molecule has 0 aliphatic carbocycles. The van der Waals surface area contributed by atoms with Crippen LogP contribution < -0.4 is 0 Å². The Bertz CT molecular complexity index is 559. The van der Waals surface area contributed by atoms with Crippen LogP contribution in [0.1, 0.15) is 11.1 Å². The number of benzene rings is 2. The van der Waals surface area contributed by atoms with Gasteiger partial charge in [-0.2, -0.15) is 0 Å². The van der Waals surface area contributed by atoms with Gasteiger partial charge in [0, 0.05) is 22.0 Å². The van der Waals surface area contributed by atoms with Gasteiger partial charge in [-0.15, -0.1) is 0 Å². The predicted molar refractivity (Wildman–Crippen MR) is 81.0 cm³/mol. The fourth-order valence-corrected chi connectivity index (χ4v) is 2.76. The summed E-state index contributed by atoms with van der Waals surface area (Å²) in [6, 6.07) is 15.8. The molecule has 0 aromatic heterocycles. The number of rotatable bonds is 3. The lowest BCUT2D eigenvalue weighted by Crippen LogP contribution is -1.97. The Morgan fingerprint density at radius 3 is 2.06 bits per heavy atom. The molecule has 1 nitrogen and oxygen atoms in total. The van der Waals surface area contributed by atoms with E-state index < -0.39 is 0 Å². The van der Waals surface area contributed by atoms with Crippen molar-refractivity contribution in [2.45, 2.75) is 4.90 Å². The highest BCUT2D eigenvalue weighted by molar-refractivity contribution is 7.95. The van der Waals surface area contributed by atoms with Gasteiger partial charge in [0.2, 0.25) is 0 Å². The summed E-state index contributed by atoms with van der Waals surface area (Å²) in [6.45, 7) is 0. The van der Waals surface area contributed by atoms with Gasteiger partial charge in [-0.3, -0.25) is 0 Å². The van der Waals surface area contributed by atoms with E-state index in [2.05, 4.69) is 36.8 Å². The van der Waals surface area contributed by atoms with E-state index in [1.165, 1.54) is 10.5 Å². The van der Waals surface area contributed by atoms with Crippen molar-refractivity contribution in [2.75, 3.05) is 12.5 Å². The average Bonchev–Trinajstić information content (AvgIpc) is 2.38. The van der Waals surface area contributed by atoms with Gasteiger partial charge < -0.3 is 5.11 Å². The Labute approximate surface area is 111 Å². The summed E-state index contributed by atoms with van der Waals surface area (Å²) >= 11 is 0. The second kappa shape index (κ2) is 5.78. The Kier molecular flexibility index (Phi) is 4.11. The number of phenols is 1. The first-order valence-corrected chi connectivity index (χ1v) is 7.85. The monoisotopic (exact) mass is 257 g/mol. The minimum atomic E-state index is 0.233. The molecule has 2 heteroatoms. The van der Waals surface area contributed by atoms with Crippen LogP contribution in [-0.4, -0.2) is 17.6 Å². The Morgan fingerprint density at radius 1 is 0.833 bits per heavy atom. The van der Waals surface area contributed by atoms with Gasteiger partial charge in [-0.1, -0.05) is 36.4 Å². The smallest absolute Gasteiger partial charge is 0.161 e. The molecular formula is C16H17OS+. The van der Waals surface area contributed by atoms with E-state index in [9.17, 15) is 5.11 Å². The fourth-order valence-electron chi connectivity index (χ4n) is 1.80. The van der Waals surface area contributed by atoms with Crippen molar-refractivity contribution in [3.63, 3.8) is 0 Å². The van der Waals surface area contributed by atoms with Crippen LogP contribution in [0.15, 0.2) is 53.4 Å². The summed E-state index contributed by atoms with van der Waals surface area (Å²) in [5.74, 6) is 0.318. The number of para-hydroxylation sites is 1. The van der Waals surface area contributed by atoms with Gasteiger partial charge in [0.25, 0.3) is 0 Å². The van der Waals surface area contributed by atoms with Gasteiger partial charge in [-0.25, -0.2) is 0 Å². The van der Waals surface area contributed by atoms with Crippen LogP contribution in [0, 0.1) is 0 Å². The Hall–Kier alpha value is -1.67. The fraction of sp³-hybridized carbons (Fsp3) is 0.125. The van der Waals surface area contributed by atoms with Gasteiger partial charge >= 0.3 is 0 Å². The molecule has 0 amide bonds. The van der Waals surface area contributed by atoms with Gasteiger partial charge in [0.1, 0.15) is 18.3 Å². The SMILES string of the molecule is C[S+](C)c1ccccc1/C=C/c1ccccc1O. The van der Waals surface area contributed by atoms with Crippen molar-refractivity contribution >= 4 is 23.0 Å². The molecule has 18 heavy (non-hydrogen) atoms. The van der Waals surface area contributed by atoms with Crippen LogP contribution in [0.2, 0.25) is 0 Å². The van der Waals surface area contributed by atoms with Crippen molar-refractivity contribution in [1.82, 2.24) is 0 Å². The standard InChI is InChI=1S/C16H16OS/c1-18(2)16-10-6-4-8-14(16)12-11-13-7-3-5-9-15(13)17/h3-12H,1-2H3/p+1/b12-11+. The van der Waals surface area contributed by atoms with Crippen molar-refractivity contribution in [2.24, 2.45) is 0 Å². The quantitative estimate of drug-likeness (QED) is 0.655. The zero-order valence-electron chi connectivity index (χ0n) is 10.6. The minimum absolute atomic E-state index is 0.233. The van der Waals surface area contributed by atoms with E-state index in [1.54, 1.807) is 6.07 Å². The molecule has 0 aliphatic heterocycles. The van der Waals surface area contributed by atoms with E-state index in [1.807, 2.05) is 30.3 Å². The molecule has 1 N–H and O–H groups in total. The molecule has 0 aliphatic rings. The summed E-state index contributed by atoms with van der Waals surface area (Å²) in [6.07, 6.45) is 8.46. The molecule has 0 atom stereocenters. The largest absolute Gasteiger partial charge is 0.507 e. The first-order valence-electron chi connectivity index (χ1n) is 5.81. The van der Waals surface area contributed by atoms with E-state index in [-0.39, 0.29) is 10.9 Å². The minimum Gasteiger partial charge on any atom is -0.507 e. The summed E-state index contributed by atoms with van der Waals surface area (Å²) < 4.78 is 0. The molecule has 92 valence electrons. The lowest BCUT2D eigenvalue weighted by atomic mass is 10.1. The maximum atomic E-state index is 9.72. The third-order valence-corrected chi connectivity index (χ3v) is 3.99. The molecule has 0 saturated carbocycles. The number of hydrogen-bond acceptors (Lipinski definition) is 1. The van der Waals surface area contributed by atoms with E-state index in [0.717, 1.165) is 5.56 Å². The van der Waals surface area contributed by atoms with Crippen LogP contribution in [-0.2, 0) is 10.9 Å². The Balaban J connectivity index is 2.32. The van der Waals surface area contributed by atoms with E-state index in [4.69, 9.17) is 0 Å². The molecule has 2 aromatic carbocycles. The van der Waals surface area contributed by atoms with Crippen LogP contribution in [0.3, 0.4) is 0 Å². The van der Waals surface area contributed by atoms with Gasteiger partial charge in [0.05, 0.1) is 0 Å². The molecule has 0 heterocycles. The summed E-state index contributed by atoms with van der Waals surface area (Å²) in [7, 11) is 0.233. The number of hydrogen-bond donors (Lipinski definition) is 1. The van der Waals surface area contributed by atoms with Crippen LogP contribution >= 0.6 is 0 Å². The van der Waals surface area contributed by atoms with Crippen molar-refractivity contribution in [3.8, 4) is 5.75 Å². The van der Waals surface area contributed by atoms with Gasteiger partial charge in [0.15, 0.2) is 4.90 Å².